The molecule has 96 valence electrons. The van der Waals surface area contributed by atoms with Gasteiger partial charge in [0.1, 0.15) is 7.85 Å². The predicted molar refractivity (Wildman–Crippen MR) is 86.0 cm³/mol. The molecule has 2 unspecified atom stereocenters. The van der Waals surface area contributed by atoms with Gasteiger partial charge in [-0.3, -0.25) is 4.79 Å². The number of carbonyl (C=O) groups excluding carboxylic acids is 1. The third-order valence-electron chi connectivity index (χ3n) is 4.03. The second kappa shape index (κ2) is 4.71. The van der Waals surface area contributed by atoms with Crippen LogP contribution in [0.25, 0.3) is 0 Å². The highest BCUT2D eigenvalue weighted by Crippen LogP contribution is 2.61. The summed E-state index contributed by atoms with van der Waals surface area (Å²) in [6, 6.07) is 6.15. The molecule has 0 bridgehead atoms. The Morgan fingerprint density at radius 2 is 1.67 bits per heavy atom. The van der Waals surface area contributed by atoms with Crippen molar-refractivity contribution in [2.75, 3.05) is 0 Å². The fourth-order valence-corrected chi connectivity index (χ4v) is 2.98. The Morgan fingerprint density at radius 1 is 1.14 bits per heavy atom. The van der Waals surface area contributed by atoms with Gasteiger partial charge in [-0.25, -0.2) is 0 Å². The molecule has 0 spiro atoms. The molecule has 1 saturated carbocycles. The fraction of sp³-hybridized carbons (Fsp3) is 0.417. The summed E-state index contributed by atoms with van der Waals surface area (Å²) < 4.78 is 0. The first-order valence-corrected chi connectivity index (χ1v) is 6.51. The second-order valence-electron chi connectivity index (χ2n) is 5.63. The molecule has 3 nitrogen and oxygen atoms in total. The summed E-state index contributed by atoms with van der Waals surface area (Å²) in [4.78, 5) is 12.6. The van der Waals surface area contributed by atoms with E-state index in [2.05, 4.69) is 0 Å². The molecule has 0 heterocycles. The first-order chi connectivity index (χ1) is 9.38. The zero-order chi connectivity index (χ0) is 16.3. The standard InChI is InChI=1S/C12H9B5ClNO2/c13-9(21)5-10(14,15)12(16,17)11(19,8(9)20)6-3-1-2-4-7(6)18/h1-4,21H,5,19H2. The van der Waals surface area contributed by atoms with Crippen molar-refractivity contribution >= 4 is 56.6 Å². The third kappa shape index (κ3) is 2.15. The lowest BCUT2D eigenvalue weighted by Crippen LogP contribution is -2.70. The molecule has 1 aromatic rings. The van der Waals surface area contributed by atoms with Crippen molar-refractivity contribution in [2.45, 2.75) is 27.9 Å². The number of benzene rings is 1. The van der Waals surface area contributed by atoms with E-state index < -0.39 is 33.7 Å². The van der Waals surface area contributed by atoms with E-state index in [1.54, 1.807) is 12.1 Å². The van der Waals surface area contributed by atoms with Gasteiger partial charge in [0.25, 0.3) is 0 Å². The normalized spacial score (nSPS) is 34.5. The lowest BCUT2D eigenvalue weighted by molar-refractivity contribution is -0.141. The highest BCUT2D eigenvalue weighted by atomic mass is 35.5. The summed E-state index contributed by atoms with van der Waals surface area (Å²) in [5.74, 6) is -1.00. The van der Waals surface area contributed by atoms with Crippen LogP contribution in [0.1, 0.15) is 12.0 Å². The first kappa shape index (κ1) is 16.8. The number of hydrogen-bond acceptors (Lipinski definition) is 3. The zero-order valence-electron chi connectivity index (χ0n) is 11.2. The third-order valence-corrected chi connectivity index (χ3v) is 4.36. The van der Waals surface area contributed by atoms with E-state index in [9.17, 15) is 9.90 Å². The highest BCUT2D eigenvalue weighted by Gasteiger charge is 2.63. The van der Waals surface area contributed by atoms with Crippen LogP contribution < -0.4 is 5.73 Å². The molecular formula is C12H9B5ClNO2. The molecule has 1 fully saturated rings. The molecule has 0 aliphatic heterocycles. The molecule has 2 rings (SSSR count). The summed E-state index contributed by atoms with van der Waals surface area (Å²) in [5.41, 5.74) is 1.73. The molecule has 1 aromatic carbocycles. The molecule has 21 heavy (non-hydrogen) atoms. The smallest absolute Gasteiger partial charge is 0.177 e. The van der Waals surface area contributed by atoms with Gasteiger partial charge in [0.2, 0.25) is 0 Å². The molecule has 2 atom stereocenters. The second-order valence-corrected chi connectivity index (χ2v) is 6.03. The van der Waals surface area contributed by atoms with E-state index in [1.807, 2.05) is 0 Å². The van der Waals surface area contributed by atoms with Crippen molar-refractivity contribution in [3.05, 3.63) is 34.9 Å². The fourth-order valence-electron chi connectivity index (χ4n) is 2.70. The maximum absolute atomic E-state index is 12.6. The van der Waals surface area contributed by atoms with Crippen LogP contribution in [0.4, 0.5) is 0 Å². The van der Waals surface area contributed by atoms with E-state index in [-0.39, 0.29) is 10.6 Å². The van der Waals surface area contributed by atoms with Gasteiger partial charge in [0.05, 0.1) is 42.4 Å². The molecule has 0 amide bonds. The largest absolute Gasteiger partial charge is 0.392 e. The molecule has 0 aromatic heterocycles. The van der Waals surface area contributed by atoms with Crippen LogP contribution in [0, 0.1) is 0 Å². The van der Waals surface area contributed by atoms with Gasteiger partial charge in [0.15, 0.2) is 5.78 Å². The summed E-state index contributed by atoms with van der Waals surface area (Å²) >= 11 is 6.08. The summed E-state index contributed by atoms with van der Waals surface area (Å²) in [7, 11) is 29.3. The van der Waals surface area contributed by atoms with Crippen molar-refractivity contribution in [3.63, 3.8) is 0 Å². The number of ketones is 1. The van der Waals surface area contributed by atoms with Crippen molar-refractivity contribution in [2.24, 2.45) is 5.73 Å². The summed E-state index contributed by atoms with van der Waals surface area (Å²) in [6.45, 7) is 0. The maximum Gasteiger partial charge on any atom is 0.177 e. The average Bonchev–Trinajstić information content (AvgIpc) is 2.34. The molecule has 0 saturated heterocycles. The minimum atomic E-state index is -2.38. The van der Waals surface area contributed by atoms with Gasteiger partial charge in [0, 0.05) is 5.02 Å². The Morgan fingerprint density at radius 3 is 2.19 bits per heavy atom. The van der Waals surface area contributed by atoms with Crippen molar-refractivity contribution in [3.8, 4) is 0 Å². The highest BCUT2D eigenvalue weighted by molar-refractivity contribution is 6.57. The number of carbonyl (C=O) groups is 1. The van der Waals surface area contributed by atoms with E-state index in [4.69, 9.17) is 56.6 Å². The minimum Gasteiger partial charge on any atom is -0.392 e. The van der Waals surface area contributed by atoms with Crippen LogP contribution in [0.2, 0.25) is 15.5 Å². The molecule has 1 aliphatic carbocycles. The maximum atomic E-state index is 12.6. The van der Waals surface area contributed by atoms with Gasteiger partial charge in [-0.05, 0) is 18.1 Å². The molecule has 3 N–H and O–H groups in total. The van der Waals surface area contributed by atoms with Crippen LogP contribution in [0.3, 0.4) is 0 Å². The topological polar surface area (TPSA) is 63.3 Å². The molecule has 1 aliphatic rings. The Balaban J connectivity index is 2.78. The van der Waals surface area contributed by atoms with Gasteiger partial charge in [-0.1, -0.05) is 35.0 Å². The van der Waals surface area contributed by atoms with Crippen molar-refractivity contribution < 1.29 is 9.90 Å². The SMILES string of the molecule is [B]C1(O)CC([B])([B])C([B])([B])C(N)(c2ccccc2Cl)C1=O. The Kier molecular flexibility index (Phi) is 3.76. The van der Waals surface area contributed by atoms with E-state index in [0.29, 0.717) is 0 Å². The lowest BCUT2D eigenvalue weighted by atomic mass is 9.20. The van der Waals surface area contributed by atoms with Gasteiger partial charge in [-0.2, -0.15) is 0 Å². The van der Waals surface area contributed by atoms with Crippen molar-refractivity contribution in [1.29, 1.82) is 0 Å². The first-order valence-electron chi connectivity index (χ1n) is 6.13. The van der Waals surface area contributed by atoms with E-state index in [0.717, 1.165) is 0 Å². The van der Waals surface area contributed by atoms with Gasteiger partial charge < -0.3 is 10.8 Å². The van der Waals surface area contributed by atoms with Crippen LogP contribution in [-0.4, -0.2) is 55.6 Å². The predicted octanol–water partition coefficient (Wildman–Crippen LogP) is -0.770. The zero-order valence-corrected chi connectivity index (χ0v) is 12.0. The number of halogens is 1. The van der Waals surface area contributed by atoms with Gasteiger partial charge in [-0.15, -0.1) is 5.21 Å². The molecule has 10 radical (unpaired) electrons. The number of Topliss-reactive ketones (excluding diaryl/α,β-unsaturated/α-hetero) is 1. The molecule has 9 heteroatoms. The lowest BCUT2D eigenvalue weighted by Gasteiger charge is -2.62. The Hall–Kier alpha value is -0.575. The monoisotopic (exact) mass is 289 g/mol. The van der Waals surface area contributed by atoms with Crippen LogP contribution in [0.5, 0.6) is 0 Å². The summed E-state index contributed by atoms with van der Waals surface area (Å²) in [6.07, 6.45) is -0.546. The quantitative estimate of drug-likeness (QED) is 0.667. The van der Waals surface area contributed by atoms with Crippen LogP contribution >= 0.6 is 11.6 Å². The summed E-state index contributed by atoms with van der Waals surface area (Å²) in [5, 5.41) is 6.27. The number of aliphatic hydroxyl groups is 1. The Bertz CT molecular complexity index is 607. The van der Waals surface area contributed by atoms with Crippen LogP contribution in [0.15, 0.2) is 24.3 Å². The number of hydrogen-bond donors (Lipinski definition) is 2. The van der Waals surface area contributed by atoms with Crippen molar-refractivity contribution in [1.82, 2.24) is 0 Å². The van der Waals surface area contributed by atoms with E-state index in [1.165, 1.54) is 12.1 Å². The average molecular weight is 289 g/mol. The molecular weight excluding hydrogens is 280 g/mol. The minimum absolute atomic E-state index is 0.0884. The number of rotatable bonds is 1. The number of nitrogens with two attached hydrogens (primary N) is 1. The van der Waals surface area contributed by atoms with Gasteiger partial charge >= 0.3 is 0 Å². The van der Waals surface area contributed by atoms with Crippen LogP contribution in [-0.2, 0) is 10.3 Å². The van der Waals surface area contributed by atoms with E-state index >= 15 is 0 Å². The Labute approximate surface area is 135 Å².